The zero-order chi connectivity index (χ0) is 22.2. The van der Waals surface area contributed by atoms with Crippen LogP contribution in [0.1, 0.15) is 39.9 Å². The van der Waals surface area contributed by atoms with Crippen LogP contribution < -0.4 is 0 Å². The summed E-state index contributed by atoms with van der Waals surface area (Å²) in [4.78, 5) is 28.5. The largest absolute Gasteiger partial charge is 0.441 e. The predicted molar refractivity (Wildman–Crippen MR) is 107 cm³/mol. The van der Waals surface area contributed by atoms with Crippen molar-refractivity contribution in [3.8, 4) is 0 Å². The number of likely N-dealkylation sites (tertiary alicyclic amines) is 1. The Bertz CT molecular complexity index is 980. The van der Waals surface area contributed by atoms with Crippen LogP contribution in [0.5, 0.6) is 0 Å². The van der Waals surface area contributed by atoms with Crippen LogP contribution >= 0.6 is 0 Å². The van der Waals surface area contributed by atoms with Gasteiger partial charge in [-0.3, -0.25) is 9.69 Å². The van der Waals surface area contributed by atoms with E-state index in [2.05, 4.69) is 0 Å². The summed E-state index contributed by atoms with van der Waals surface area (Å²) in [5.74, 6) is -0.0288. The van der Waals surface area contributed by atoms with Crippen molar-refractivity contribution in [2.45, 2.75) is 38.1 Å². The molecule has 2 saturated heterocycles. The van der Waals surface area contributed by atoms with Gasteiger partial charge in [-0.05, 0) is 36.2 Å². The molecular formula is C23H23F3N2O3. The van der Waals surface area contributed by atoms with E-state index in [0.717, 1.165) is 17.7 Å². The molecule has 0 N–H and O–H groups in total. The summed E-state index contributed by atoms with van der Waals surface area (Å²) in [6, 6.07) is 12.2. The minimum Gasteiger partial charge on any atom is -0.441 e. The maximum atomic E-state index is 12.8. The van der Waals surface area contributed by atoms with E-state index in [4.69, 9.17) is 4.74 Å². The molecule has 0 saturated carbocycles. The molecule has 2 aromatic rings. The van der Waals surface area contributed by atoms with E-state index in [1.54, 1.807) is 4.90 Å². The van der Waals surface area contributed by atoms with Crippen molar-refractivity contribution in [2.75, 3.05) is 19.6 Å². The van der Waals surface area contributed by atoms with Gasteiger partial charge in [0.25, 0.3) is 5.91 Å². The Hall–Kier alpha value is -3.03. The highest BCUT2D eigenvalue weighted by Gasteiger charge is 2.47. The molecule has 5 nitrogen and oxygen atoms in total. The smallest absolute Gasteiger partial charge is 0.416 e. The first kappa shape index (κ1) is 21.2. The number of aryl methyl sites for hydroxylation is 1. The maximum Gasteiger partial charge on any atom is 0.416 e. The van der Waals surface area contributed by atoms with Crippen LogP contribution in [0, 0.1) is 6.92 Å². The van der Waals surface area contributed by atoms with E-state index < -0.39 is 23.4 Å². The molecule has 0 atom stereocenters. The first-order chi connectivity index (χ1) is 14.7. The highest BCUT2D eigenvalue weighted by atomic mass is 19.4. The number of benzene rings is 2. The van der Waals surface area contributed by atoms with Crippen LogP contribution in [0.2, 0.25) is 0 Å². The van der Waals surface area contributed by atoms with Gasteiger partial charge < -0.3 is 9.64 Å². The summed E-state index contributed by atoms with van der Waals surface area (Å²) in [5, 5.41) is 0. The van der Waals surface area contributed by atoms with Crippen LogP contribution in [0.3, 0.4) is 0 Å². The van der Waals surface area contributed by atoms with Crippen LogP contribution in [-0.4, -0.2) is 47.0 Å². The number of carbonyl (C=O) groups excluding carboxylic acids is 2. The lowest BCUT2D eigenvalue weighted by Crippen LogP contribution is -2.48. The van der Waals surface area contributed by atoms with E-state index in [-0.39, 0.29) is 12.5 Å². The van der Waals surface area contributed by atoms with Crippen molar-refractivity contribution < 1.29 is 27.5 Å². The predicted octanol–water partition coefficient (Wildman–Crippen LogP) is 4.64. The SMILES string of the molecule is Cc1ccccc1C(=O)N1CCC2(CC1)CN(Cc1ccc(C(F)(F)F)cc1)C(=O)O2. The fraction of sp³-hybridized carbons (Fsp3) is 0.391. The quantitative estimate of drug-likeness (QED) is 0.710. The van der Waals surface area contributed by atoms with Crippen molar-refractivity contribution >= 4 is 12.0 Å². The number of rotatable bonds is 3. The zero-order valence-electron chi connectivity index (χ0n) is 17.1. The molecule has 2 fully saturated rings. The monoisotopic (exact) mass is 432 g/mol. The lowest BCUT2D eigenvalue weighted by Gasteiger charge is -2.37. The molecule has 2 heterocycles. The molecule has 0 bridgehead atoms. The Balaban J connectivity index is 1.37. The van der Waals surface area contributed by atoms with Gasteiger partial charge in [-0.25, -0.2) is 4.79 Å². The van der Waals surface area contributed by atoms with Gasteiger partial charge in [0.15, 0.2) is 0 Å². The van der Waals surface area contributed by atoms with E-state index in [0.29, 0.717) is 43.6 Å². The Kier molecular flexibility index (Phi) is 5.41. The van der Waals surface area contributed by atoms with Crippen molar-refractivity contribution in [3.05, 3.63) is 70.8 Å². The molecule has 4 rings (SSSR count). The van der Waals surface area contributed by atoms with Gasteiger partial charge >= 0.3 is 12.3 Å². The van der Waals surface area contributed by atoms with Gasteiger partial charge in [-0.2, -0.15) is 13.2 Å². The van der Waals surface area contributed by atoms with Crippen LogP contribution in [-0.2, 0) is 17.5 Å². The highest BCUT2D eigenvalue weighted by Crippen LogP contribution is 2.35. The maximum absolute atomic E-state index is 12.8. The van der Waals surface area contributed by atoms with Gasteiger partial charge in [-0.15, -0.1) is 0 Å². The fourth-order valence-electron chi connectivity index (χ4n) is 4.20. The Morgan fingerprint density at radius 3 is 2.32 bits per heavy atom. The molecule has 8 heteroatoms. The highest BCUT2D eigenvalue weighted by molar-refractivity contribution is 5.95. The lowest BCUT2D eigenvalue weighted by molar-refractivity contribution is -0.137. The second-order valence-electron chi connectivity index (χ2n) is 8.21. The number of carbonyl (C=O) groups is 2. The summed E-state index contributed by atoms with van der Waals surface area (Å²) < 4.78 is 43.9. The first-order valence-electron chi connectivity index (χ1n) is 10.2. The van der Waals surface area contributed by atoms with Gasteiger partial charge in [-0.1, -0.05) is 30.3 Å². The Morgan fingerprint density at radius 1 is 1.06 bits per heavy atom. The van der Waals surface area contributed by atoms with Crippen molar-refractivity contribution in [2.24, 2.45) is 0 Å². The van der Waals surface area contributed by atoms with Crippen molar-refractivity contribution in [1.29, 1.82) is 0 Å². The molecule has 0 aliphatic carbocycles. The number of hydrogen-bond donors (Lipinski definition) is 0. The van der Waals surface area contributed by atoms with Gasteiger partial charge in [0.05, 0.1) is 12.1 Å². The third kappa shape index (κ3) is 4.38. The summed E-state index contributed by atoms with van der Waals surface area (Å²) in [6.07, 6.45) is -3.81. The molecule has 0 aromatic heterocycles. The normalized spacial score (nSPS) is 18.4. The molecule has 164 valence electrons. The number of amides is 2. The van der Waals surface area contributed by atoms with Gasteiger partial charge in [0, 0.05) is 38.0 Å². The molecule has 1 spiro atoms. The summed E-state index contributed by atoms with van der Waals surface area (Å²) in [5.41, 5.74) is 0.816. The van der Waals surface area contributed by atoms with Crippen LogP contribution in [0.15, 0.2) is 48.5 Å². The molecular weight excluding hydrogens is 409 g/mol. The molecule has 2 aromatic carbocycles. The standard InChI is InChI=1S/C23H23F3N2O3/c1-16-4-2-3-5-19(16)20(29)27-12-10-22(11-13-27)15-28(21(30)31-22)14-17-6-8-18(9-7-17)23(24,25)26/h2-9H,10-15H2,1H3. The number of nitrogens with zero attached hydrogens (tertiary/aromatic N) is 2. The molecule has 0 unspecified atom stereocenters. The minimum absolute atomic E-state index is 0.0288. The topological polar surface area (TPSA) is 49.9 Å². The van der Waals surface area contributed by atoms with E-state index in [9.17, 15) is 22.8 Å². The van der Waals surface area contributed by atoms with E-state index >= 15 is 0 Å². The second kappa shape index (κ2) is 7.90. The number of piperidine rings is 1. The van der Waals surface area contributed by atoms with Crippen LogP contribution in [0.25, 0.3) is 0 Å². The average Bonchev–Trinajstić information content (AvgIpc) is 3.02. The third-order valence-corrected chi connectivity index (χ3v) is 6.03. The third-order valence-electron chi connectivity index (χ3n) is 6.03. The number of hydrogen-bond acceptors (Lipinski definition) is 3. The summed E-state index contributed by atoms with van der Waals surface area (Å²) >= 11 is 0. The Labute approximate surface area is 178 Å². The fourth-order valence-corrected chi connectivity index (χ4v) is 4.20. The molecule has 2 aliphatic rings. The number of alkyl halides is 3. The molecule has 0 radical (unpaired) electrons. The van der Waals surface area contributed by atoms with Crippen LogP contribution in [0.4, 0.5) is 18.0 Å². The second-order valence-corrected chi connectivity index (χ2v) is 8.21. The van der Waals surface area contributed by atoms with E-state index in [1.165, 1.54) is 17.0 Å². The van der Waals surface area contributed by atoms with Crippen molar-refractivity contribution in [3.63, 3.8) is 0 Å². The van der Waals surface area contributed by atoms with Gasteiger partial charge in [0.2, 0.25) is 0 Å². The number of ether oxygens (including phenoxy) is 1. The number of halogens is 3. The average molecular weight is 432 g/mol. The molecule has 31 heavy (non-hydrogen) atoms. The van der Waals surface area contributed by atoms with E-state index in [1.807, 2.05) is 31.2 Å². The molecule has 2 aliphatic heterocycles. The van der Waals surface area contributed by atoms with Crippen molar-refractivity contribution in [1.82, 2.24) is 9.80 Å². The molecule has 2 amide bonds. The lowest BCUT2D eigenvalue weighted by atomic mass is 9.90. The minimum atomic E-state index is -4.39. The first-order valence-corrected chi connectivity index (χ1v) is 10.2. The summed E-state index contributed by atoms with van der Waals surface area (Å²) in [7, 11) is 0. The zero-order valence-corrected chi connectivity index (χ0v) is 17.1. The summed E-state index contributed by atoms with van der Waals surface area (Å²) in [6.45, 7) is 3.41. The Morgan fingerprint density at radius 2 is 1.71 bits per heavy atom. The van der Waals surface area contributed by atoms with Gasteiger partial charge in [0.1, 0.15) is 5.60 Å².